The zero-order valence-electron chi connectivity index (χ0n) is 10.6. The molecule has 108 valence electrons. The summed E-state index contributed by atoms with van der Waals surface area (Å²) in [5, 5.41) is 2.33. The van der Waals surface area contributed by atoms with E-state index in [2.05, 4.69) is 0 Å². The second-order valence-electron chi connectivity index (χ2n) is 3.73. The lowest BCUT2D eigenvalue weighted by Crippen LogP contribution is -2.42. The first-order chi connectivity index (χ1) is 9.38. The van der Waals surface area contributed by atoms with Crippen molar-refractivity contribution < 1.29 is 23.9 Å². The zero-order valence-corrected chi connectivity index (χ0v) is 11.3. The SMILES string of the molecule is CC(OC(=O)COc1ccc(Cl)cc1)C(=O)NC(N)=O. The quantitative estimate of drug-likeness (QED) is 0.784. The Morgan fingerprint density at radius 3 is 2.45 bits per heavy atom. The lowest BCUT2D eigenvalue weighted by Gasteiger charge is -2.12. The Labute approximate surface area is 120 Å². The van der Waals surface area contributed by atoms with Crippen molar-refractivity contribution in [3.8, 4) is 5.75 Å². The maximum Gasteiger partial charge on any atom is 0.344 e. The molecular weight excluding hydrogens is 288 g/mol. The number of amides is 3. The van der Waals surface area contributed by atoms with Crippen LogP contribution in [0.2, 0.25) is 5.02 Å². The monoisotopic (exact) mass is 300 g/mol. The fraction of sp³-hybridized carbons (Fsp3) is 0.250. The predicted octanol–water partition coefficient (Wildman–Crippen LogP) is 0.845. The number of hydrogen-bond donors (Lipinski definition) is 2. The summed E-state index contributed by atoms with van der Waals surface area (Å²) in [6.07, 6.45) is -1.15. The first-order valence-electron chi connectivity index (χ1n) is 5.56. The molecule has 0 saturated carbocycles. The van der Waals surface area contributed by atoms with Crippen molar-refractivity contribution >= 4 is 29.5 Å². The maximum absolute atomic E-state index is 11.4. The van der Waals surface area contributed by atoms with Gasteiger partial charge in [0, 0.05) is 5.02 Å². The van der Waals surface area contributed by atoms with Gasteiger partial charge in [0.15, 0.2) is 12.7 Å². The van der Waals surface area contributed by atoms with E-state index < -0.39 is 24.0 Å². The molecule has 0 heterocycles. The Morgan fingerprint density at radius 1 is 1.30 bits per heavy atom. The molecule has 3 N–H and O–H groups in total. The van der Waals surface area contributed by atoms with Crippen LogP contribution >= 0.6 is 11.6 Å². The first kappa shape index (κ1) is 15.8. The average molecular weight is 301 g/mol. The number of imide groups is 1. The number of carbonyl (C=O) groups is 3. The lowest BCUT2D eigenvalue weighted by atomic mass is 10.3. The molecule has 1 aromatic carbocycles. The summed E-state index contributed by atoms with van der Waals surface area (Å²) in [6, 6.07) is 5.35. The van der Waals surface area contributed by atoms with E-state index in [1.54, 1.807) is 29.6 Å². The van der Waals surface area contributed by atoms with Crippen LogP contribution in [0.25, 0.3) is 0 Å². The van der Waals surface area contributed by atoms with Gasteiger partial charge in [-0.2, -0.15) is 0 Å². The molecule has 3 amide bonds. The summed E-state index contributed by atoms with van der Waals surface area (Å²) in [7, 11) is 0. The van der Waals surface area contributed by atoms with Crippen LogP contribution in [0.4, 0.5) is 4.79 Å². The summed E-state index contributed by atoms with van der Waals surface area (Å²) >= 11 is 5.69. The predicted molar refractivity (Wildman–Crippen MR) is 70.2 cm³/mol. The van der Waals surface area contributed by atoms with E-state index in [0.717, 1.165) is 0 Å². The van der Waals surface area contributed by atoms with E-state index in [9.17, 15) is 14.4 Å². The maximum atomic E-state index is 11.4. The number of halogens is 1. The zero-order chi connectivity index (χ0) is 15.1. The van der Waals surface area contributed by atoms with Crippen LogP contribution in [0.5, 0.6) is 5.75 Å². The number of benzene rings is 1. The minimum atomic E-state index is -1.15. The number of hydrogen-bond acceptors (Lipinski definition) is 5. The number of ether oxygens (including phenoxy) is 2. The van der Waals surface area contributed by atoms with Crippen molar-refractivity contribution in [2.24, 2.45) is 5.73 Å². The van der Waals surface area contributed by atoms with Crippen LogP contribution in [0.1, 0.15) is 6.92 Å². The molecule has 0 aliphatic rings. The Balaban J connectivity index is 2.38. The number of nitrogens with one attached hydrogen (secondary N) is 1. The third kappa shape index (κ3) is 5.57. The number of primary amides is 1. The molecule has 1 unspecified atom stereocenters. The fourth-order valence-electron chi connectivity index (χ4n) is 1.18. The molecule has 0 aliphatic heterocycles. The summed E-state index contributed by atoms with van der Waals surface area (Å²) < 4.78 is 9.88. The van der Waals surface area contributed by atoms with Gasteiger partial charge in [0.05, 0.1) is 0 Å². The number of nitrogens with two attached hydrogens (primary N) is 1. The van der Waals surface area contributed by atoms with Crippen LogP contribution in [0, 0.1) is 0 Å². The third-order valence-corrected chi connectivity index (χ3v) is 2.35. The number of esters is 1. The van der Waals surface area contributed by atoms with Gasteiger partial charge < -0.3 is 15.2 Å². The Hall–Kier alpha value is -2.28. The van der Waals surface area contributed by atoms with Crippen LogP contribution < -0.4 is 15.8 Å². The fourth-order valence-corrected chi connectivity index (χ4v) is 1.31. The molecule has 1 atom stereocenters. The molecular formula is C12H13ClN2O5. The van der Waals surface area contributed by atoms with Crippen LogP contribution in [0.3, 0.4) is 0 Å². The van der Waals surface area contributed by atoms with Gasteiger partial charge >= 0.3 is 12.0 Å². The van der Waals surface area contributed by atoms with Gasteiger partial charge in [0.2, 0.25) is 0 Å². The molecule has 0 radical (unpaired) electrons. The summed E-state index contributed by atoms with van der Waals surface area (Å²) in [4.78, 5) is 33.1. The van der Waals surface area contributed by atoms with E-state index in [0.29, 0.717) is 10.8 Å². The molecule has 0 saturated heterocycles. The lowest BCUT2D eigenvalue weighted by molar-refractivity contribution is -0.156. The van der Waals surface area contributed by atoms with Gasteiger partial charge in [0.25, 0.3) is 5.91 Å². The molecule has 20 heavy (non-hydrogen) atoms. The van der Waals surface area contributed by atoms with Crippen molar-refractivity contribution in [3.63, 3.8) is 0 Å². The van der Waals surface area contributed by atoms with Gasteiger partial charge in [0.1, 0.15) is 5.75 Å². The highest BCUT2D eigenvalue weighted by atomic mass is 35.5. The standard InChI is InChI=1S/C12H13ClN2O5/c1-7(11(17)15-12(14)18)20-10(16)6-19-9-4-2-8(13)3-5-9/h2-5,7H,6H2,1H3,(H3,14,15,17,18). The van der Waals surface area contributed by atoms with Crippen molar-refractivity contribution in [1.82, 2.24) is 5.32 Å². The van der Waals surface area contributed by atoms with E-state index in [4.69, 9.17) is 26.8 Å². The largest absolute Gasteiger partial charge is 0.482 e. The number of rotatable bonds is 5. The van der Waals surface area contributed by atoms with Crippen LogP contribution in [-0.2, 0) is 14.3 Å². The van der Waals surface area contributed by atoms with Crippen molar-refractivity contribution in [3.05, 3.63) is 29.3 Å². The van der Waals surface area contributed by atoms with Gasteiger partial charge in [-0.05, 0) is 31.2 Å². The van der Waals surface area contributed by atoms with Crippen LogP contribution in [0.15, 0.2) is 24.3 Å². The molecule has 8 heteroatoms. The summed E-state index contributed by atoms with van der Waals surface area (Å²) in [5.41, 5.74) is 4.76. The average Bonchev–Trinajstić information content (AvgIpc) is 2.37. The van der Waals surface area contributed by atoms with Crippen molar-refractivity contribution in [2.45, 2.75) is 13.0 Å². The van der Waals surface area contributed by atoms with E-state index in [-0.39, 0.29) is 6.61 Å². The molecule has 0 fully saturated rings. The van der Waals surface area contributed by atoms with Gasteiger partial charge in [-0.15, -0.1) is 0 Å². The highest BCUT2D eigenvalue weighted by molar-refractivity contribution is 6.30. The highest BCUT2D eigenvalue weighted by Gasteiger charge is 2.19. The van der Waals surface area contributed by atoms with Crippen molar-refractivity contribution in [1.29, 1.82) is 0 Å². The molecule has 7 nitrogen and oxygen atoms in total. The number of carbonyl (C=O) groups excluding carboxylic acids is 3. The second-order valence-corrected chi connectivity index (χ2v) is 4.16. The van der Waals surface area contributed by atoms with Crippen LogP contribution in [-0.4, -0.2) is 30.6 Å². The third-order valence-electron chi connectivity index (χ3n) is 2.09. The molecule has 1 aromatic rings. The van der Waals surface area contributed by atoms with Gasteiger partial charge in [-0.25, -0.2) is 9.59 Å². The normalized spacial score (nSPS) is 11.3. The molecule has 1 rings (SSSR count). The molecule has 0 spiro atoms. The van der Waals surface area contributed by atoms with Gasteiger partial charge in [-0.3, -0.25) is 10.1 Å². The minimum absolute atomic E-state index is 0.379. The first-order valence-corrected chi connectivity index (χ1v) is 5.94. The van der Waals surface area contributed by atoms with E-state index in [1.807, 2.05) is 0 Å². The second kappa shape index (κ2) is 7.34. The molecule has 0 bridgehead atoms. The van der Waals surface area contributed by atoms with E-state index >= 15 is 0 Å². The van der Waals surface area contributed by atoms with Crippen molar-refractivity contribution in [2.75, 3.05) is 6.61 Å². The van der Waals surface area contributed by atoms with E-state index in [1.165, 1.54) is 6.92 Å². The molecule has 0 aromatic heterocycles. The smallest absolute Gasteiger partial charge is 0.344 e. The summed E-state index contributed by atoms with van der Waals surface area (Å²) in [5.74, 6) is -1.13. The molecule has 0 aliphatic carbocycles. The Kier molecular flexibility index (Phi) is 5.79. The topological polar surface area (TPSA) is 108 Å². The minimum Gasteiger partial charge on any atom is -0.482 e. The highest BCUT2D eigenvalue weighted by Crippen LogP contribution is 2.15. The van der Waals surface area contributed by atoms with Gasteiger partial charge in [-0.1, -0.05) is 11.6 Å². The summed E-state index contributed by atoms with van der Waals surface area (Å²) in [6.45, 7) is 0.925. The Morgan fingerprint density at radius 2 is 1.90 bits per heavy atom. The number of urea groups is 1. The Bertz CT molecular complexity index is 503.